The highest BCUT2D eigenvalue weighted by atomic mass is 32.2. The van der Waals surface area contributed by atoms with E-state index < -0.39 is 34.0 Å². The van der Waals surface area contributed by atoms with Gasteiger partial charge in [0.1, 0.15) is 12.1 Å². The summed E-state index contributed by atoms with van der Waals surface area (Å²) in [4.78, 5) is 23.3. The molecule has 7 nitrogen and oxygen atoms in total. The Morgan fingerprint density at radius 1 is 1.19 bits per heavy atom. The van der Waals surface area contributed by atoms with Gasteiger partial charge in [-0.15, -0.1) is 0 Å². The molecule has 0 aliphatic rings. The third-order valence-corrected chi connectivity index (χ3v) is 3.55. The molecule has 0 aromatic heterocycles. The van der Waals surface area contributed by atoms with Crippen molar-refractivity contribution >= 4 is 21.9 Å². The van der Waals surface area contributed by atoms with Gasteiger partial charge in [-0.3, -0.25) is 4.79 Å². The van der Waals surface area contributed by atoms with Crippen molar-refractivity contribution in [3.8, 4) is 0 Å². The van der Waals surface area contributed by atoms with Crippen LogP contribution in [0.5, 0.6) is 0 Å². The molecule has 2 atom stereocenters. The Hall–Kier alpha value is -1.15. The van der Waals surface area contributed by atoms with Gasteiger partial charge >= 0.3 is 5.97 Å². The van der Waals surface area contributed by atoms with Crippen LogP contribution >= 0.6 is 0 Å². The van der Waals surface area contributed by atoms with E-state index in [-0.39, 0.29) is 5.92 Å². The maximum absolute atomic E-state index is 12.1. The standard InChI is InChI=1S/C13H26N2O5S/c1-5-6-7-10(13(17)18)14-12(16)11(8-9(2)3)15-21(4,19)20/h9-11,15H,5-8H2,1-4H3,(H,14,16)(H,17,18)/t10-,11?/m0/s1. The smallest absolute Gasteiger partial charge is 0.326 e. The lowest BCUT2D eigenvalue weighted by Gasteiger charge is -2.22. The molecule has 1 unspecified atom stereocenters. The first-order valence-corrected chi connectivity index (χ1v) is 8.96. The molecule has 0 saturated carbocycles. The molecule has 21 heavy (non-hydrogen) atoms. The second-order valence-electron chi connectivity index (χ2n) is 5.61. The van der Waals surface area contributed by atoms with Crippen molar-refractivity contribution in [1.82, 2.24) is 10.0 Å². The number of carbonyl (C=O) groups is 2. The zero-order chi connectivity index (χ0) is 16.6. The first-order valence-electron chi connectivity index (χ1n) is 7.07. The minimum atomic E-state index is -3.55. The van der Waals surface area contributed by atoms with Gasteiger partial charge < -0.3 is 10.4 Å². The van der Waals surface area contributed by atoms with Crippen LogP contribution in [-0.4, -0.2) is 43.7 Å². The van der Waals surface area contributed by atoms with E-state index in [9.17, 15) is 18.0 Å². The molecule has 3 N–H and O–H groups in total. The van der Waals surface area contributed by atoms with E-state index in [1.165, 1.54) is 0 Å². The molecule has 0 heterocycles. The fraction of sp³-hybridized carbons (Fsp3) is 0.846. The molecule has 1 amide bonds. The van der Waals surface area contributed by atoms with Crippen molar-refractivity contribution in [2.45, 2.75) is 58.5 Å². The molecule has 0 aromatic rings. The van der Waals surface area contributed by atoms with Gasteiger partial charge in [0.15, 0.2) is 0 Å². The number of aliphatic carboxylic acids is 1. The molecule has 0 aromatic carbocycles. The summed E-state index contributed by atoms with van der Waals surface area (Å²) in [5, 5.41) is 11.5. The third kappa shape index (κ3) is 9.41. The molecule has 0 bridgehead atoms. The number of sulfonamides is 1. The average molecular weight is 322 g/mol. The van der Waals surface area contributed by atoms with Crippen LogP contribution in [0.1, 0.15) is 46.5 Å². The van der Waals surface area contributed by atoms with Crippen molar-refractivity contribution in [3.63, 3.8) is 0 Å². The number of carboxylic acid groups (broad SMARTS) is 1. The Labute approximate surface area is 126 Å². The Morgan fingerprint density at radius 2 is 1.76 bits per heavy atom. The number of unbranched alkanes of at least 4 members (excludes halogenated alkanes) is 1. The summed E-state index contributed by atoms with van der Waals surface area (Å²) < 4.78 is 24.9. The van der Waals surface area contributed by atoms with Gasteiger partial charge in [-0.05, 0) is 18.8 Å². The van der Waals surface area contributed by atoms with Crippen molar-refractivity contribution in [2.24, 2.45) is 5.92 Å². The second-order valence-corrected chi connectivity index (χ2v) is 7.39. The van der Waals surface area contributed by atoms with Crippen molar-refractivity contribution in [3.05, 3.63) is 0 Å². The van der Waals surface area contributed by atoms with Gasteiger partial charge in [0.05, 0.1) is 6.26 Å². The van der Waals surface area contributed by atoms with E-state index in [1.807, 2.05) is 20.8 Å². The van der Waals surface area contributed by atoms with Crippen LogP contribution < -0.4 is 10.0 Å². The van der Waals surface area contributed by atoms with E-state index in [0.29, 0.717) is 19.3 Å². The molecule has 0 rings (SSSR count). The first-order chi connectivity index (χ1) is 9.56. The predicted octanol–water partition coefficient (Wildman–Crippen LogP) is 0.710. The number of amides is 1. The first kappa shape index (κ1) is 19.9. The normalized spacial score (nSPS) is 14.7. The monoisotopic (exact) mass is 322 g/mol. The number of carboxylic acids is 1. The number of hydrogen-bond donors (Lipinski definition) is 3. The summed E-state index contributed by atoms with van der Waals surface area (Å²) in [5.74, 6) is -1.62. The molecule has 0 spiro atoms. The molecule has 0 fully saturated rings. The Balaban J connectivity index is 4.88. The van der Waals surface area contributed by atoms with Gasteiger partial charge in [0, 0.05) is 0 Å². The molecule has 0 aliphatic heterocycles. The highest BCUT2D eigenvalue weighted by Crippen LogP contribution is 2.08. The predicted molar refractivity (Wildman–Crippen MR) is 80.3 cm³/mol. The summed E-state index contributed by atoms with van der Waals surface area (Å²) in [5.41, 5.74) is 0. The summed E-state index contributed by atoms with van der Waals surface area (Å²) in [7, 11) is -3.55. The minimum Gasteiger partial charge on any atom is -0.480 e. The van der Waals surface area contributed by atoms with E-state index >= 15 is 0 Å². The Morgan fingerprint density at radius 3 is 2.14 bits per heavy atom. The lowest BCUT2D eigenvalue weighted by atomic mass is 10.0. The lowest BCUT2D eigenvalue weighted by Crippen LogP contribution is -2.51. The van der Waals surface area contributed by atoms with Gasteiger partial charge in [0.25, 0.3) is 0 Å². The lowest BCUT2D eigenvalue weighted by molar-refractivity contribution is -0.142. The van der Waals surface area contributed by atoms with Gasteiger partial charge in [0.2, 0.25) is 15.9 Å². The molecular weight excluding hydrogens is 296 g/mol. The largest absolute Gasteiger partial charge is 0.480 e. The molecular formula is C13H26N2O5S. The number of hydrogen-bond acceptors (Lipinski definition) is 4. The second kappa shape index (κ2) is 8.99. The molecule has 0 saturated heterocycles. The van der Waals surface area contributed by atoms with Crippen LogP contribution in [0, 0.1) is 5.92 Å². The van der Waals surface area contributed by atoms with Gasteiger partial charge in [-0.2, -0.15) is 0 Å². The quantitative estimate of drug-likeness (QED) is 0.548. The maximum Gasteiger partial charge on any atom is 0.326 e. The van der Waals surface area contributed by atoms with Crippen LogP contribution in [0.25, 0.3) is 0 Å². The summed E-state index contributed by atoms with van der Waals surface area (Å²) in [6.07, 6.45) is 3.09. The maximum atomic E-state index is 12.1. The molecule has 124 valence electrons. The SMILES string of the molecule is CCCC[C@H](NC(=O)C(CC(C)C)NS(C)(=O)=O)C(=O)O. The number of nitrogens with one attached hydrogen (secondary N) is 2. The van der Waals surface area contributed by atoms with Crippen molar-refractivity contribution < 1.29 is 23.1 Å². The van der Waals surface area contributed by atoms with Crippen molar-refractivity contribution in [2.75, 3.05) is 6.26 Å². The van der Waals surface area contributed by atoms with E-state index in [0.717, 1.165) is 12.7 Å². The topological polar surface area (TPSA) is 113 Å². The van der Waals surface area contributed by atoms with Crippen LogP contribution in [0.15, 0.2) is 0 Å². The average Bonchev–Trinajstić information content (AvgIpc) is 2.30. The third-order valence-electron chi connectivity index (χ3n) is 2.84. The van der Waals surface area contributed by atoms with E-state index in [2.05, 4.69) is 10.0 Å². The Bertz CT molecular complexity index is 447. The van der Waals surface area contributed by atoms with E-state index in [1.54, 1.807) is 0 Å². The van der Waals surface area contributed by atoms with Gasteiger partial charge in [-0.1, -0.05) is 33.6 Å². The van der Waals surface area contributed by atoms with Crippen LogP contribution in [0.2, 0.25) is 0 Å². The van der Waals surface area contributed by atoms with Crippen LogP contribution in [-0.2, 0) is 19.6 Å². The van der Waals surface area contributed by atoms with Crippen LogP contribution in [0.4, 0.5) is 0 Å². The zero-order valence-electron chi connectivity index (χ0n) is 13.0. The van der Waals surface area contributed by atoms with Crippen LogP contribution in [0.3, 0.4) is 0 Å². The number of rotatable bonds is 10. The zero-order valence-corrected chi connectivity index (χ0v) is 13.9. The molecule has 8 heteroatoms. The minimum absolute atomic E-state index is 0.0916. The number of carbonyl (C=O) groups excluding carboxylic acids is 1. The summed E-state index contributed by atoms with van der Waals surface area (Å²) in [6, 6.07) is -1.95. The highest BCUT2D eigenvalue weighted by Gasteiger charge is 2.27. The summed E-state index contributed by atoms with van der Waals surface area (Å²) in [6.45, 7) is 5.64. The molecule has 0 aliphatic carbocycles. The molecule has 0 radical (unpaired) electrons. The highest BCUT2D eigenvalue weighted by molar-refractivity contribution is 7.88. The summed E-state index contributed by atoms with van der Waals surface area (Å²) >= 11 is 0. The fourth-order valence-electron chi connectivity index (χ4n) is 1.88. The Kier molecular flexibility index (Phi) is 8.50. The van der Waals surface area contributed by atoms with Crippen molar-refractivity contribution in [1.29, 1.82) is 0 Å². The van der Waals surface area contributed by atoms with E-state index in [4.69, 9.17) is 5.11 Å². The van der Waals surface area contributed by atoms with Gasteiger partial charge in [-0.25, -0.2) is 17.9 Å². The fourth-order valence-corrected chi connectivity index (χ4v) is 2.60.